The van der Waals surface area contributed by atoms with E-state index in [9.17, 15) is 47.9 Å². The summed E-state index contributed by atoms with van der Waals surface area (Å²) in [6.07, 6.45) is 5.52. The summed E-state index contributed by atoms with van der Waals surface area (Å²) in [6, 6.07) is 5.13. The summed E-state index contributed by atoms with van der Waals surface area (Å²) in [4.78, 5) is 153. The van der Waals surface area contributed by atoms with Gasteiger partial charge in [0.25, 0.3) is 0 Å². The predicted molar refractivity (Wildman–Crippen MR) is 291 cm³/mol. The van der Waals surface area contributed by atoms with Crippen LogP contribution in [0.15, 0.2) is 78.3 Å². The number of unbranched alkanes of at least 4 members (excludes halogenated alkanes) is 1. The Balaban J connectivity index is 1.54. The summed E-state index contributed by atoms with van der Waals surface area (Å²) in [6.45, 7) is 4.52. The van der Waals surface area contributed by atoms with E-state index in [-0.39, 0.29) is 76.8 Å². The highest BCUT2D eigenvalue weighted by Crippen LogP contribution is 2.20. The van der Waals surface area contributed by atoms with Crippen molar-refractivity contribution in [1.29, 1.82) is 0 Å². The lowest BCUT2D eigenvalue weighted by Crippen LogP contribution is -2.61. The van der Waals surface area contributed by atoms with Crippen molar-refractivity contribution >= 4 is 75.9 Å². The summed E-state index contributed by atoms with van der Waals surface area (Å²) in [5, 5.41) is 24.7. The van der Waals surface area contributed by atoms with Gasteiger partial charge in [-0.2, -0.15) is 0 Å². The molecule has 0 unspecified atom stereocenters. The van der Waals surface area contributed by atoms with Crippen LogP contribution in [-0.2, 0) is 67.2 Å². The molecular formula is C53H74N16O10. The van der Waals surface area contributed by atoms with Crippen molar-refractivity contribution in [2.75, 3.05) is 13.1 Å². The van der Waals surface area contributed by atoms with Crippen LogP contribution in [0.5, 0.6) is 0 Å². The summed E-state index contributed by atoms with van der Waals surface area (Å²) < 4.78 is 0. The van der Waals surface area contributed by atoms with Crippen LogP contribution in [0.25, 0.3) is 10.9 Å². The second kappa shape index (κ2) is 30.8. The zero-order chi connectivity index (χ0) is 57.4. The van der Waals surface area contributed by atoms with Crippen molar-refractivity contribution in [3.63, 3.8) is 0 Å². The van der Waals surface area contributed by atoms with Crippen LogP contribution in [0, 0.1) is 0 Å². The van der Waals surface area contributed by atoms with Gasteiger partial charge in [0.2, 0.25) is 59.1 Å². The molecule has 10 amide bonds. The van der Waals surface area contributed by atoms with Crippen LogP contribution >= 0.6 is 0 Å². The third-order valence-corrected chi connectivity index (χ3v) is 13.1. The van der Waals surface area contributed by atoms with Crippen molar-refractivity contribution < 1.29 is 47.9 Å². The number of H-pyrrole nitrogens is 2. The number of benzene rings is 2. The van der Waals surface area contributed by atoms with Gasteiger partial charge in [-0.05, 0) is 62.6 Å². The van der Waals surface area contributed by atoms with Crippen LogP contribution in [0.4, 0.5) is 0 Å². The number of imidazole rings is 1. The summed E-state index contributed by atoms with van der Waals surface area (Å²) in [5.74, 6) is -8.10. The first-order valence-electron chi connectivity index (χ1n) is 26.4. The lowest BCUT2D eigenvalue weighted by atomic mass is 10.0. The summed E-state index contributed by atoms with van der Waals surface area (Å²) in [5.41, 5.74) is 19.4. The fourth-order valence-corrected chi connectivity index (χ4v) is 8.80. The van der Waals surface area contributed by atoms with Gasteiger partial charge >= 0.3 is 0 Å². The molecule has 1 saturated heterocycles. The Labute approximate surface area is 456 Å². The number of para-hydroxylation sites is 1. The third kappa shape index (κ3) is 19.9. The van der Waals surface area contributed by atoms with Gasteiger partial charge in [0.15, 0.2) is 5.96 Å². The number of aromatic nitrogens is 3. The van der Waals surface area contributed by atoms with Crippen LogP contribution in [0.1, 0.15) is 95.4 Å². The smallest absolute Gasteiger partial charge is 0.243 e. The SMILES string of the molecule is CCCC[C@H](NC(C)=O)C(=O)N[C@H]1CC(=O)NCCCC[C@@H](C(N)=O)NC(=O)[C@H](Cc2c[nH]c3ccccc23)NC(=O)[C@H](CCCN=C(N)N)NC(=O)[C@@H](Cc2ccccc2)NC(=O)[C@H](Cc2cnc[nH]2)NC(=O)[C@@H](C)NC1=O. The molecule has 26 nitrogen and oxygen atoms in total. The van der Waals surface area contributed by atoms with E-state index in [0.717, 1.165) is 10.9 Å². The second-order valence-electron chi connectivity index (χ2n) is 19.4. The molecule has 1 aliphatic rings. The van der Waals surface area contributed by atoms with E-state index in [1.54, 1.807) is 36.5 Å². The molecule has 426 valence electrons. The van der Waals surface area contributed by atoms with Gasteiger partial charge in [-0.3, -0.25) is 52.9 Å². The van der Waals surface area contributed by atoms with Gasteiger partial charge in [-0.1, -0.05) is 68.3 Å². The van der Waals surface area contributed by atoms with Crippen molar-refractivity contribution in [3.05, 3.63) is 90.1 Å². The Kier molecular flexibility index (Phi) is 23.8. The molecule has 0 bridgehead atoms. The molecule has 8 atom stereocenters. The van der Waals surface area contributed by atoms with Crippen LogP contribution in [0.3, 0.4) is 0 Å². The first kappa shape index (κ1) is 61.0. The van der Waals surface area contributed by atoms with E-state index in [2.05, 4.69) is 67.8 Å². The maximum absolute atomic E-state index is 14.7. The standard InChI is InChI=1S/C53H74N16O10/c1-4-5-17-38(63-31(3)70)47(74)69-43-26-44(71)58-21-12-11-19-37(45(54)72)64-51(78)41(24-33-27-60-36-18-10-9-16-35(33)36)68-48(75)39(20-13-22-59-53(55)56)65-50(77)40(23-32-14-7-6-8-15-32)67-52(79)42(25-34-28-57-29-61-34)66-46(73)30(2)62-49(43)76/h6-10,14-16,18,27-30,37-43,60H,4-5,11-13,17,19-26H2,1-3H3,(H2,54,72)(H,57,61)(H,58,71)(H,62,76)(H,63,70)(H,64,78)(H,65,77)(H,66,73)(H,67,79)(H,68,75)(H,69,74)(H4,55,56,59)/t30-,37+,38+,39+,40-,41+,42+,43+/m1/s1. The predicted octanol–water partition coefficient (Wildman–Crippen LogP) is -1.74. The topological polar surface area (TPSA) is 414 Å². The Bertz CT molecular complexity index is 2760. The third-order valence-electron chi connectivity index (χ3n) is 13.1. The van der Waals surface area contributed by atoms with Crippen molar-refractivity contribution in [3.8, 4) is 0 Å². The largest absolute Gasteiger partial charge is 0.370 e. The number of amides is 10. The number of carbonyl (C=O) groups is 10. The number of aliphatic imine (C=N–C) groups is 1. The monoisotopic (exact) mass is 1090 g/mol. The Hall–Kier alpha value is -8.84. The molecular weight excluding hydrogens is 1020 g/mol. The molecule has 1 fully saturated rings. The number of hydrogen-bond acceptors (Lipinski definition) is 12. The molecule has 26 heteroatoms. The fraction of sp³-hybridized carbons (Fsp3) is 0.472. The minimum absolute atomic E-state index is 0.00871. The Morgan fingerprint density at radius 1 is 0.734 bits per heavy atom. The molecule has 0 saturated carbocycles. The molecule has 2 aromatic carbocycles. The van der Waals surface area contributed by atoms with E-state index >= 15 is 0 Å². The normalized spacial score (nSPS) is 22.1. The maximum atomic E-state index is 14.7. The first-order valence-corrected chi connectivity index (χ1v) is 26.4. The van der Waals surface area contributed by atoms with Gasteiger partial charge in [0.05, 0.1) is 12.7 Å². The van der Waals surface area contributed by atoms with Crippen LogP contribution < -0.4 is 65.1 Å². The molecule has 3 heterocycles. The zero-order valence-electron chi connectivity index (χ0n) is 44.7. The highest BCUT2D eigenvalue weighted by molar-refractivity contribution is 5.99. The van der Waals surface area contributed by atoms with E-state index in [1.165, 1.54) is 26.4 Å². The van der Waals surface area contributed by atoms with E-state index in [0.29, 0.717) is 29.7 Å². The highest BCUT2D eigenvalue weighted by atomic mass is 16.2. The number of hydrogen-bond donors (Lipinski definition) is 14. The number of carbonyl (C=O) groups excluding carboxylic acids is 10. The lowest BCUT2D eigenvalue weighted by Gasteiger charge is -2.28. The van der Waals surface area contributed by atoms with Gasteiger partial charge in [0, 0.05) is 68.3 Å². The Morgan fingerprint density at radius 3 is 2.05 bits per heavy atom. The number of aromatic amines is 2. The molecule has 2 aromatic heterocycles. The number of nitrogens with one attached hydrogen (secondary N) is 11. The van der Waals surface area contributed by atoms with Crippen LogP contribution in [-0.4, -0.2) is 141 Å². The van der Waals surface area contributed by atoms with E-state index < -0.39 is 114 Å². The summed E-state index contributed by atoms with van der Waals surface area (Å²) >= 11 is 0. The minimum Gasteiger partial charge on any atom is -0.370 e. The number of guanidine groups is 1. The molecule has 0 spiro atoms. The van der Waals surface area contributed by atoms with E-state index in [4.69, 9.17) is 17.2 Å². The second-order valence-corrected chi connectivity index (χ2v) is 19.4. The average Bonchev–Trinajstić information content (AvgIpc) is 4.11. The van der Waals surface area contributed by atoms with Gasteiger partial charge in [0.1, 0.15) is 48.3 Å². The molecule has 4 aromatic rings. The van der Waals surface area contributed by atoms with Gasteiger partial charge in [-0.25, -0.2) is 4.98 Å². The van der Waals surface area contributed by atoms with Crippen LogP contribution in [0.2, 0.25) is 0 Å². The quantitative estimate of drug-likeness (QED) is 0.0318. The fourth-order valence-electron chi connectivity index (χ4n) is 8.80. The van der Waals surface area contributed by atoms with Crippen molar-refractivity contribution in [2.45, 2.75) is 146 Å². The van der Waals surface area contributed by atoms with Gasteiger partial charge < -0.3 is 75.0 Å². The minimum atomic E-state index is -1.57. The molecule has 79 heavy (non-hydrogen) atoms. The number of nitrogens with two attached hydrogens (primary N) is 3. The molecule has 5 rings (SSSR count). The van der Waals surface area contributed by atoms with Crippen molar-refractivity contribution in [1.82, 2.24) is 62.8 Å². The zero-order valence-corrected chi connectivity index (χ0v) is 44.7. The first-order chi connectivity index (χ1) is 37.8. The number of fused-ring (bicyclic) bond motifs is 1. The molecule has 0 radical (unpaired) electrons. The molecule has 17 N–H and O–H groups in total. The summed E-state index contributed by atoms with van der Waals surface area (Å²) in [7, 11) is 0. The highest BCUT2D eigenvalue weighted by Gasteiger charge is 2.35. The number of rotatable bonds is 17. The van der Waals surface area contributed by atoms with Gasteiger partial charge in [-0.15, -0.1) is 0 Å². The lowest BCUT2D eigenvalue weighted by molar-refractivity contribution is -0.136. The molecule has 0 aliphatic carbocycles. The Morgan fingerprint density at radius 2 is 1.38 bits per heavy atom. The maximum Gasteiger partial charge on any atom is 0.243 e. The van der Waals surface area contributed by atoms with E-state index in [1.807, 2.05) is 31.2 Å². The average molecular weight is 1100 g/mol. The molecule has 1 aliphatic heterocycles. The number of nitrogens with zero attached hydrogens (tertiary/aromatic N) is 2. The number of primary amides is 1. The van der Waals surface area contributed by atoms with Crippen molar-refractivity contribution in [2.24, 2.45) is 22.2 Å².